The molecule has 8 nitrogen and oxygen atoms in total. The zero-order valence-corrected chi connectivity index (χ0v) is 13.0. The molecule has 1 amide bonds. The lowest BCUT2D eigenvalue weighted by Crippen LogP contribution is -2.51. The van der Waals surface area contributed by atoms with Crippen molar-refractivity contribution in [2.75, 3.05) is 19.6 Å². The molecule has 0 aromatic carbocycles. The summed E-state index contributed by atoms with van der Waals surface area (Å²) in [5.74, 6) is -0.383. The average Bonchev–Trinajstić information content (AvgIpc) is 2.88. The van der Waals surface area contributed by atoms with Crippen LogP contribution >= 0.6 is 0 Å². The topological polar surface area (TPSA) is 111 Å². The smallest absolute Gasteiger partial charge is 0.269 e. The number of rotatable bonds is 5. The van der Waals surface area contributed by atoms with Gasteiger partial charge in [-0.05, 0) is 12.1 Å². The van der Waals surface area contributed by atoms with Crippen molar-refractivity contribution in [2.45, 2.75) is 18.2 Å². The Labute approximate surface area is 139 Å². The molecule has 0 radical (unpaired) electrons. The quantitative estimate of drug-likeness (QED) is 0.659. The molecule has 126 valence electrons. The first-order valence-electron chi connectivity index (χ1n) is 7.63. The number of aromatic nitrogens is 3. The van der Waals surface area contributed by atoms with Crippen LogP contribution in [0.25, 0.3) is 0 Å². The van der Waals surface area contributed by atoms with E-state index in [-0.39, 0.29) is 24.7 Å². The Kier molecular flexibility index (Phi) is 4.79. The fourth-order valence-electron chi connectivity index (χ4n) is 2.76. The van der Waals surface area contributed by atoms with E-state index in [1.54, 1.807) is 30.6 Å². The Morgan fingerprint density at radius 2 is 2.17 bits per heavy atom. The summed E-state index contributed by atoms with van der Waals surface area (Å²) in [5.41, 5.74) is -0.238. The summed E-state index contributed by atoms with van der Waals surface area (Å²) in [7, 11) is 0. The highest BCUT2D eigenvalue weighted by molar-refractivity contribution is 5.92. The predicted octanol–water partition coefficient (Wildman–Crippen LogP) is -0.791. The van der Waals surface area contributed by atoms with Crippen LogP contribution in [0.15, 0.2) is 43.1 Å². The largest absolute Gasteiger partial charge is 0.389 e. The van der Waals surface area contributed by atoms with Crippen LogP contribution in [0.2, 0.25) is 0 Å². The van der Waals surface area contributed by atoms with Gasteiger partial charge in [0.25, 0.3) is 5.91 Å². The third-order valence-electron chi connectivity index (χ3n) is 4.02. The highest BCUT2D eigenvalue weighted by atomic mass is 16.3. The Bertz CT molecular complexity index is 685. The van der Waals surface area contributed by atoms with Crippen LogP contribution in [0, 0.1) is 0 Å². The van der Waals surface area contributed by atoms with Gasteiger partial charge in [0.15, 0.2) is 0 Å². The zero-order chi connectivity index (χ0) is 17.0. The Morgan fingerprint density at radius 1 is 1.38 bits per heavy atom. The molecule has 3 heterocycles. The number of aliphatic hydroxyl groups is 2. The molecule has 1 aliphatic rings. The summed E-state index contributed by atoms with van der Waals surface area (Å²) < 4.78 is 0. The molecule has 1 fully saturated rings. The second kappa shape index (κ2) is 7.00. The van der Waals surface area contributed by atoms with Crippen LogP contribution in [0.1, 0.15) is 16.1 Å². The molecule has 1 aliphatic heterocycles. The Morgan fingerprint density at radius 3 is 2.88 bits per heavy atom. The van der Waals surface area contributed by atoms with Crippen molar-refractivity contribution in [3.05, 3.63) is 54.4 Å². The van der Waals surface area contributed by atoms with Crippen LogP contribution < -0.4 is 5.32 Å². The Balaban J connectivity index is 1.58. The minimum atomic E-state index is -1.40. The van der Waals surface area contributed by atoms with E-state index in [9.17, 15) is 15.0 Å². The number of nitrogens with one attached hydrogen (secondary N) is 1. The monoisotopic (exact) mass is 329 g/mol. The molecule has 0 unspecified atom stereocenters. The third kappa shape index (κ3) is 3.73. The summed E-state index contributed by atoms with van der Waals surface area (Å²) in [5, 5.41) is 23.5. The van der Waals surface area contributed by atoms with E-state index in [1.807, 2.05) is 4.90 Å². The van der Waals surface area contributed by atoms with Crippen LogP contribution in [-0.4, -0.2) is 67.3 Å². The van der Waals surface area contributed by atoms with Gasteiger partial charge in [-0.3, -0.25) is 14.7 Å². The van der Waals surface area contributed by atoms with Crippen LogP contribution in [0.5, 0.6) is 0 Å². The first kappa shape index (κ1) is 16.4. The van der Waals surface area contributed by atoms with Crippen molar-refractivity contribution in [1.82, 2.24) is 25.2 Å². The molecule has 2 aromatic rings. The lowest BCUT2D eigenvalue weighted by atomic mass is 10.0. The standard InChI is InChI=1S/C16H19N5O3/c22-14-8-21(7-12-5-17-11-18-6-12)10-16(14,24)9-20-15(23)13-3-1-2-4-19-13/h1-6,11,14,22,24H,7-10H2,(H,20,23)/t14-,16+/m1/s1. The van der Waals surface area contributed by atoms with E-state index in [4.69, 9.17) is 0 Å². The van der Waals surface area contributed by atoms with Gasteiger partial charge in [0, 0.05) is 43.8 Å². The lowest BCUT2D eigenvalue weighted by Gasteiger charge is -2.26. The van der Waals surface area contributed by atoms with Crippen LogP contribution in [0.3, 0.4) is 0 Å². The Hall–Kier alpha value is -2.42. The van der Waals surface area contributed by atoms with Gasteiger partial charge in [-0.15, -0.1) is 0 Å². The number of amides is 1. The van der Waals surface area contributed by atoms with Crippen molar-refractivity contribution in [1.29, 1.82) is 0 Å². The number of likely N-dealkylation sites (tertiary alicyclic amines) is 1. The van der Waals surface area contributed by atoms with Crippen LogP contribution in [-0.2, 0) is 6.54 Å². The van der Waals surface area contributed by atoms with Crippen molar-refractivity contribution in [3.63, 3.8) is 0 Å². The van der Waals surface area contributed by atoms with Gasteiger partial charge in [0.2, 0.25) is 0 Å². The number of hydrogen-bond acceptors (Lipinski definition) is 7. The summed E-state index contributed by atoms with van der Waals surface area (Å²) >= 11 is 0. The van der Waals surface area contributed by atoms with Gasteiger partial charge in [-0.2, -0.15) is 0 Å². The maximum atomic E-state index is 12.0. The normalized spacial score (nSPS) is 24.0. The highest BCUT2D eigenvalue weighted by Crippen LogP contribution is 2.23. The molecule has 0 bridgehead atoms. The summed E-state index contributed by atoms with van der Waals surface area (Å²) in [4.78, 5) is 25.8. The lowest BCUT2D eigenvalue weighted by molar-refractivity contribution is -0.0377. The maximum Gasteiger partial charge on any atom is 0.269 e. The van der Waals surface area contributed by atoms with E-state index < -0.39 is 11.7 Å². The fraction of sp³-hybridized carbons (Fsp3) is 0.375. The predicted molar refractivity (Wildman–Crippen MR) is 84.8 cm³/mol. The van der Waals surface area contributed by atoms with Gasteiger partial charge >= 0.3 is 0 Å². The second-order valence-corrected chi connectivity index (χ2v) is 5.93. The van der Waals surface area contributed by atoms with Gasteiger partial charge in [0.1, 0.15) is 17.6 Å². The highest BCUT2D eigenvalue weighted by Gasteiger charge is 2.44. The minimum Gasteiger partial charge on any atom is -0.389 e. The summed E-state index contributed by atoms with van der Waals surface area (Å²) in [6.07, 6.45) is 5.41. The molecule has 24 heavy (non-hydrogen) atoms. The molecule has 0 spiro atoms. The fourth-order valence-corrected chi connectivity index (χ4v) is 2.76. The molecule has 0 aliphatic carbocycles. The molecule has 3 N–H and O–H groups in total. The van der Waals surface area contributed by atoms with Crippen LogP contribution in [0.4, 0.5) is 0 Å². The third-order valence-corrected chi connectivity index (χ3v) is 4.02. The number of hydrogen-bond donors (Lipinski definition) is 3. The van der Waals surface area contributed by atoms with E-state index in [0.29, 0.717) is 13.1 Å². The van der Waals surface area contributed by atoms with E-state index in [2.05, 4.69) is 20.3 Å². The van der Waals surface area contributed by atoms with Gasteiger partial charge in [-0.25, -0.2) is 9.97 Å². The number of nitrogens with zero attached hydrogens (tertiary/aromatic N) is 4. The molecule has 8 heteroatoms. The minimum absolute atomic E-state index is 0.0502. The van der Waals surface area contributed by atoms with Crippen molar-refractivity contribution in [2.24, 2.45) is 0 Å². The van der Waals surface area contributed by atoms with Crippen molar-refractivity contribution in [3.8, 4) is 0 Å². The second-order valence-electron chi connectivity index (χ2n) is 5.93. The number of carbonyl (C=O) groups is 1. The molecule has 3 rings (SSSR count). The number of aliphatic hydroxyl groups excluding tert-OH is 1. The van der Waals surface area contributed by atoms with Gasteiger partial charge < -0.3 is 15.5 Å². The SMILES string of the molecule is O=C(NC[C@]1(O)CN(Cc2cncnc2)C[C@H]1O)c1ccccn1. The maximum absolute atomic E-state index is 12.0. The first-order chi connectivity index (χ1) is 11.6. The van der Waals surface area contributed by atoms with E-state index in [0.717, 1.165) is 5.56 Å². The zero-order valence-electron chi connectivity index (χ0n) is 13.0. The van der Waals surface area contributed by atoms with Gasteiger partial charge in [0.05, 0.1) is 12.6 Å². The summed E-state index contributed by atoms with van der Waals surface area (Å²) in [6.45, 7) is 1.02. The number of β-amino-alcohol motifs (C(OH)–C–C–N with tert-alkyl or cyclic N) is 2. The molecular weight excluding hydrogens is 310 g/mol. The number of pyridine rings is 1. The molecule has 1 saturated heterocycles. The molecule has 2 atom stereocenters. The van der Waals surface area contributed by atoms with E-state index in [1.165, 1.54) is 12.5 Å². The summed E-state index contributed by atoms with van der Waals surface area (Å²) in [6, 6.07) is 5.02. The van der Waals surface area contributed by atoms with Crippen molar-refractivity contribution < 1.29 is 15.0 Å². The van der Waals surface area contributed by atoms with Crippen molar-refractivity contribution >= 4 is 5.91 Å². The number of carbonyl (C=O) groups excluding carboxylic acids is 1. The van der Waals surface area contributed by atoms with Gasteiger partial charge in [-0.1, -0.05) is 6.07 Å². The van der Waals surface area contributed by atoms with E-state index >= 15 is 0 Å². The molecular formula is C16H19N5O3. The average molecular weight is 329 g/mol. The molecule has 2 aromatic heterocycles. The first-order valence-corrected chi connectivity index (χ1v) is 7.63. The molecule has 0 saturated carbocycles.